The number of aromatic nitrogens is 2. The number of nitrogens with one attached hydrogen (secondary N) is 1. The SMILES string of the molecule is CC1=NC(C)C(CNC(=O)c2nc3n(c(=O)c2O)CCOC3(C)C)S1. The second-order valence-electron chi connectivity index (χ2n) is 6.70. The maximum Gasteiger partial charge on any atom is 0.296 e. The van der Waals surface area contributed by atoms with Crippen molar-refractivity contribution in [2.75, 3.05) is 13.2 Å². The van der Waals surface area contributed by atoms with Gasteiger partial charge >= 0.3 is 0 Å². The zero-order chi connectivity index (χ0) is 18.4. The molecular weight excluding hydrogens is 344 g/mol. The number of rotatable bonds is 3. The van der Waals surface area contributed by atoms with Crippen LogP contribution in [-0.2, 0) is 16.9 Å². The number of thioether (sulfide) groups is 1. The molecule has 2 N–H and O–H groups in total. The van der Waals surface area contributed by atoms with Crippen LogP contribution >= 0.6 is 11.8 Å². The summed E-state index contributed by atoms with van der Waals surface area (Å²) in [5.41, 5.74) is -1.68. The average molecular weight is 366 g/mol. The Morgan fingerprint density at radius 1 is 1.52 bits per heavy atom. The Labute approximate surface area is 149 Å². The molecule has 0 saturated heterocycles. The average Bonchev–Trinajstić information content (AvgIpc) is 2.86. The van der Waals surface area contributed by atoms with Gasteiger partial charge in [0.2, 0.25) is 5.75 Å². The van der Waals surface area contributed by atoms with Gasteiger partial charge < -0.3 is 15.2 Å². The van der Waals surface area contributed by atoms with Crippen LogP contribution in [0.3, 0.4) is 0 Å². The molecule has 3 heterocycles. The summed E-state index contributed by atoms with van der Waals surface area (Å²) in [4.78, 5) is 33.6. The van der Waals surface area contributed by atoms with Crippen molar-refractivity contribution >= 4 is 22.7 Å². The lowest BCUT2D eigenvalue weighted by Gasteiger charge is -2.32. The summed E-state index contributed by atoms with van der Waals surface area (Å²) in [5, 5.41) is 14.0. The van der Waals surface area contributed by atoms with Gasteiger partial charge in [-0.3, -0.25) is 19.1 Å². The number of hydrogen-bond donors (Lipinski definition) is 2. The molecule has 136 valence electrons. The standard InChI is InChI=1S/C16H22N4O4S/c1-8-10(25-9(2)18-8)7-17-13(22)11-12(21)14(23)20-5-6-24-16(3,4)15(20)19-11/h8,10,21H,5-7H2,1-4H3,(H,17,22). The van der Waals surface area contributed by atoms with E-state index in [-0.39, 0.29) is 17.0 Å². The molecule has 1 amide bonds. The zero-order valence-corrected chi connectivity index (χ0v) is 15.5. The van der Waals surface area contributed by atoms with Gasteiger partial charge in [-0.15, -0.1) is 11.8 Å². The third-order valence-corrected chi connectivity index (χ3v) is 5.70. The number of nitrogens with zero attached hydrogens (tertiary/aromatic N) is 3. The van der Waals surface area contributed by atoms with Crippen LogP contribution in [0.5, 0.6) is 5.75 Å². The molecule has 0 saturated carbocycles. The van der Waals surface area contributed by atoms with Crippen LogP contribution in [0, 0.1) is 0 Å². The van der Waals surface area contributed by atoms with Crippen molar-refractivity contribution in [3.05, 3.63) is 21.9 Å². The molecule has 8 nitrogen and oxygen atoms in total. The van der Waals surface area contributed by atoms with Crippen LogP contribution in [0.4, 0.5) is 0 Å². The lowest BCUT2D eigenvalue weighted by atomic mass is 10.1. The molecule has 2 atom stereocenters. The maximum atomic E-state index is 12.5. The van der Waals surface area contributed by atoms with Gasteiger partial charge in [0.15, 0.2) is 5.69 Å². The van der Waals surface area contributed by atoms with E-state index in [1.165, 1.54) is 4.57 Å². The van der Waals surface area contributed by atoms with Crippen LogP contribution < -0.4 is 10.9 Å². The van der Waals surface area contributed by atoms with E-state index in [4.69, 9.17) is 4.74 Å². The van der Waals surface area contributed by atoms with Gasteiger partial charge in [-0.2, -0.15) is 0 Å². The highest BCUT2D eigenvalue weighted by Gasteiger charge is 2.34. The van der Waals surface area contributed by atoms with Gasteiger partial charge in [0.1, 0.15) is 11.4 Å². The minimum atomic E-state index is -0.805. The summed E-state index contributed by atoms with van der Waals surface area (Å²) in [6.45, 7) is 8.50. The zero-order valence-electron chi connectivity index (χ0n) is 14.7. The second kappa shape index (κ2) is 6.45. The molecule has 2 unspecified atom stereocenters. The van der Waals surface area contributed by atoms with Crippen molar-refractivity contribution in [2.24, 2.45) is 4.99 Å². The highest BCUT2D eigenvalue weighted by molar-refractivity contribution is 8.14. The third-order valence-electron chi connectivity index (χ3n) is 4.39. The fourth-order valence-electron chi connectivity index (χ4n) is 3.03. The van der Waals surface area contributed by atoms with Crippen LogP contribution in [-0.4, -0.2) is 50.1 Å². The van der Waals surface area contributed by atoms with E-state index in [0.717, 1.165) is 5.04 Å². The summed E-state index contributed by atoms with van der Waals surface area (Å²) in [6.07, 6.45) is 0. The molecule has 2 aliphatic heterocycles. The lowest BCUT2D eigenvalue weighted by molar-refractivity contribution is -0.0566. The molecule has 0 bridgehead atoms. The van der Waals surface area contributed by atoms with Gasteiger partial charge in [-0.25, -0.2) is 4.98 Å². The highest BCUT2D eigenvalue weighted by Crippen LogP contribution is 2.28. The first kappa shape index (κ1) is 17.9. The number of hydrogen-bond acceptors (Lipinski definition) is 7. The Balaban J connectivity index is 1.84. The molecule has 0 aromatic carbocycles. The topological polar surface area (TPSA) is 106 Å². The quantitative estimate of drug-likeness (QED) is 0.822. The Morgan fingerprint density at radius 3 is 2.88 bits per heavy atom. The van der Waals surface area contributed by atoms with E-state index in [2.05, 4.69) is 15.3 Å². The van der Waals surface area contributed by atoms with Crippen LogP contribution in [0.2, 0.25) is 0 Å². The van der Waals surface area contributed by atoms with Gasteiger partial charge in [0.05, 0.1) is 29.5 Å². The number of amides is 1. The second-order valence-corrected chi connectivity index (χ2v) is 8.14. The Kier molecular flexibility index (Phi) is 4.63. The van der Waals surface area contributed by atoms with Crippen molar-refractivity contribution < 1.29 is 14.6 Å². The predicted octanol–water partition coefficient (Wildman–Crippen LogP) is 0.866. The number of carbonyl (C=O) groups is 1. The maximum absolute atomic E-state index is 12.5. The van der Waals surface area contributed by atoms with E-state index in [1.807, 2.05) is 13.8 Å². The molecule has 1 aromatic heterocycles. The largest absolute Gasteiger partial charge is 0.501 e. The third kappa shape index (κ3) is 3.30. The minimum absolute atomic E-state index is 0.105. The van der Waals surface area contributed by atoms with Crippen LogP contribution in [0.25, 0.3) is 0 Å². The van der Waals surface area contributed by atoms with Gasteiger partial charge in [-0.05, 0) is 27.7 Å². The van der Waals surface area contributed by atoms with Crippen molar-refractivity contribution in [1.29, 1.82) is 0 Å². The van der Waals surface area contributed by atoms with Crippen molar-refractivity contribution in [2.45, 2.75) is 51.1 Å². The number of ether oxygens (including phenoxy) is 1. The van der Waals surface area contributed by atoms with Crippen molar-refractivity contribution in [1.82, 2.24) is 14.9 Å². The van der Waals surface area contributed by atoms with E-state index in [1.54, 1.807) is 25.6 Å². The van der Waals surface area contributed by atoms with Crippen LogP contribution in [0.15, 0.2) is 9.79 Å². The van der Waals surface area contributed by atoms with E-state index >= 15 is 0 Å². The molecule has 0 aliphatic carbocycles. The number of aromatic hydroxyl groups is 1. The molecule has 2 aliphatic rings. The molecule has 25 heavy (non-hydrogen) atoms. The molecule has 0 fully saturated rings. The first-order valence-corrected chi connectivity index (χ1v) is 9.06. The summed E-state index contributed by atoms with van der Waals surface area (Å²) in [5.74, 6) is -0.857. The number of carbonyl (C=O) groups excluding carboxylic acids is 1. The van der Waals surface area contributed by atoms with Crippen LogP contribution in [0.1, 0.15) is 44.0 Å². The van der Waals surface area contributed by atoms with E-state index in [9.17, 15) is 14.7 Å². The number of aliphatic imine (C=N–C) groups is 1. The monoisotopic (exact) mass is 366 g/mol. The molecule has 0 radical (unpaired) electrons. The minimum Gasteiger partial charge on any atom is -0.501 e. The van der Waals surface area contributed by atoms with E-state index < -0.39 is 22.8 Å². The van der Waals surface area contributed by atoms with Crippen molar-refractivity contribution in [3.63, 3.8) is 0 Å². The molecule has 0 spiro atoms. The molecule has 1 aromatic rings. The predicted molar refractivity (Wildman–Crippen MR) is 95.4 cm³/mol. The number of fused-ring (bicyclic) bond motifs is 1. The first-order valence-electron chi connectivity index (χ1n) is 8.18. The normalized spacial score (nSPS) is 24.6. The molecular formula is C16H22N4O4S. The highest BCUT2D eigenvalue weighted by atomic mass is 32.2. The van der Waals surface area contributed by atoms with E-state index in [0.29, 0.717) is 25.5 Å². The smallest absolute Gasteiger partial charge is 0.296 e. The summed E-state index contributed by atoms with van der Waals surface area (Å²) in [6, 6.07) is 0.105. The lowest BCUT2D eigenvalue weighted by Crippen LogP contribution is -2.43. The fourth-order valence-corrected chi connectivity index (χ4v) is 4.12. The summed E-state index contributed by atoms with van der Waals surface area (Å²) in [7, 11) is 0. The summed E-state index contributed by atoms with van der Waals surface area (Å²) < 4.78 is 7.00. The van der Waals surface area contributed by atoms with Gasteiger partial charge in [0.25, 0.3) is 11.5 Å². The van der Waals surface area contributed by atoms with Crippen molar-refractivity contribution in [3.8, 4) is 5.75 Å². The Morgan fingerprint density at radius 2 is 2.24 bits per heavy atom. The van der Waals surface area contributed by atoms with Gasteiger partial charge in [-0.1, -0.05) is 0 Å². The summed E-state index contributed by atoms with van der Waals surface area (Å²) >= 11 is 1.61. The molecule has 9 heteroatoms. The molecule has 3 rings (SSSR count). The van der Waals surface area contributed by atoms with Gasteiger partial charge in [0, 0.05) is 6.54 Å². The first-order chi connectivity index (χ1) is 11.7. The Bertz CT molecular complexity index is 802. The Hall–Kier alpha value is -1.87. The fraction of sp³-hybridized carbons (Fsp3) is 0.625.